The summed E-state index contributed by atoms with van der Waals surface area (Å²) in [6, 6.07) is 0.128. The van der Waals surface area contributed by atoms with Crippen LogP contribution in [0.3, 0.4) is 0 Å². The van der Waals surface area contributed by atoms with Gasteiger partial charge in [0, 0.05) is 13.1 Å². The van der Waals surface area contributed by atoms with Crippen LogP contribution in [0.5, 0.6) is 0 Å². The summed E-state index contributed by atoms with van der Waals surface area (Å²) in [7, 11) is 0. The molecule has 2 rings (SSSR count). The molecule has 1 unspecified atom stereocenters. The number of piperidine rings is 1. The van der Waals surface area contributed by atoms with Gasteiger partial charge < -0.3 is 10.2 Å². The molecule has 0 aromatic carbocycles. The van der Waals surface area contributed by atoms with Gasteiger partial charge in [0.15, 0.2) is 0 Å². The zero-order valence-electron chi connectivity index (χ0n) is 10.1. The maximum Gasteiger partial charge on any atom is 0.239 e. The van der Waals surface area contributed by atoms with Gasteiger partial charge in [-0.1, -0.05) is 13.3 Å². The van der Waals surface area contributed by atoms with Crippen LogP contribution in [-0.4, -0.2) is 36.5 Å². The van der Waals surface area contributed by atoms with Crippen molar-refractivity contribution in [3.63, 3.8) is 0 Å². The Bertz CT molecular complexity index is 221. The highest BCUT2D eigenvalue weighted by atomic mass is 35.5. The van der Waals surface area contributed by atoms with E-state index in [1.54, 1.807) is 0 Å². The topological polar surface area (TPSA) is 32.3 Å². The standard InChI is InChI=1S/C12H22N2O.ClH/c1-2-10-5-8-14(9-6-10)12(15)11-4-3-7-13-11;/h10-11,13H,2-9H2,1H3;1H. The van der Waals surface area contributed by atoms with Crippen LogP contribution < -0.4 is 5.32 Å². The van der Waals surface area contributed by atoms with Crippen LogP contribution in [0.1, 0.15) is 39.0 Å². The lowest BCUT2D eigenvalue weighted by Crippen LogP contribution is -2.46. The third-order valence-electron chi connectivity index (χ3n) is 3.86. The Labute approximate surface area is 104 Å². The third-order valence-corrected chi connectivity index (χ3v) is 3.86. The van der Waals surface area contributed by atoms with Crippen LogP contribution in [0.15, 0.2) is 0 Å². The molecular formula is C12H23ClN2O. The summed E-state index contributed by atoms with van der Waals surface area (Å²) in [5.74, 6) is 1.20. The molecular weight excluding hydrogens is 224 g/mol. The van der Waals surface area contributed by atoms with Crippen molar-refractivity contribution in [1.82, 2.24) is 10.2 Å². The monoisotopic (exact) mass is 246 g/mol. The molecule has 0 saturated carbocycles. The number of carbonyl (C=O) groups is 1. The first-order valence-electron chi connectivity index (χ1n) is 6.33. The van der Waals surface area contributed by atoms with Crippen molar-refractivity contribution in [3.05, 3.63) is 0 Å². The Hall–Kier alpha value is -0.280. The smallest absolute Gasteiger partial charge is 0.239 e. The number of hydrogen-bond donors (Lipinski definition) is 1. The SMILES string of the molecule is CCC1CCN(C(=O)C2CCCN2)CC1.Cl. The van der Waals surface area contributed by atoms with Crippen molar-refractivity contribution >= 4 is 18.3 Å². The van der Waals surface area contributed by atoms with Crippen molar-refractivity contribution in [2.75, 3.05) is 19.6 Å². The fourth-order valence-corrected chi connectivity index (χ4v) is 2.68. The van der Waals surface area contributed by atoms with Gasteiger partial charge in [0.25, 0.3) is 0 Å². The zero-order valence-corrected chi connectivity index (χ0v) is 10.9. The van der Waals surface area contributed by atoms with E-state index in [-0.39, 0.29) is 18.4 Å². The van der Waals surface area contributed by atoms with Crippen molar-refractivity contribution < 1.29 is 4.79 Å². The molecule has 4 heteroatoms. The maximum atomic E-state index is 12.1. The van der Waals surface area contributed by atoms with Gasteiger partial charge in [0.05, 0.1) is 6.04 Å². The average Bonchev–Trinajstić information content (AvgIpc) is 2.82. The summed E-state index contributed by atoms with van der Waals surface area (Å²) in [5, 5.41) is 3.29. The summed E-state index contributed by atoms with van der Waals surface area (Å²) < 4.78 is 0. The largest absolute Gasteiger partial charge is 0.341 e. The van der Waals surface area contributed by atoms with Crippen LogP contribution in [0, 0.1) is 5.92 Å². The predicted octanol–water partition coefficient (Wildman–Crippen LogP) is 1.81. The Morgan fingerprint density at radius 2 is 2.00 bits per heavy atom. The van der Waals surface area contributed by atoms with Gasteiger partial charge in [-0.2, -0.15) is 0 Å². The van der Waals surface area contributed by atoms with Crippen LogP contribution in [0.2, 0.25) is 0 Å². The molecule has 2 fully saturated rings. The first-order chi connectivity index (χ1) is 7.31. The normalized spacial score (nSPS) is 26.6. The quantitative estimate of drug-likeness (QED) is 0.806. The van der Waals surface area contributed by atoms with Crippen molar-refractivity contribution in [2.24, 2.45) is 5.92 Å². The van der Waals surface area contributed by atoms with Gasteiger partial charge in [0.2, 0.25) is 5.91 Å². The van der Waals surface area contributed by atoms with E-state index in [1.165, 1.54) is 19.3 Å². The van der Waals surface area contributed by atoms with Crippen LogP contribution in [0.25, 0.3) is 0 Å². The van der Waals surface area contributed by atoms with E-state index in [0.29, 0.717) is 5.91 Å². The second-order valence-electron chi connectivity index (χ2n) is 4.83. The first-order valence-corrected chi connectivity index (χ1v) is 6.33. The number of hydrogen-bond acceptors (Lipinski definition) is 2. The van der Waals surface area contributed by atoms with E-state index in [2.05, 4.69) is 17.1 Å². The number of rotatable bonds is 2. The molecule has 0 aliphatic carbocycles. The number of nitrogens with zero attached hydrogens (tertiary/aromatic N) is 1. The summed E-state index contributed by atoms with van der Waals surface area (Å²) in [4.78, 5) is 14.1. The van der Waals surface area contributed by atoms with Crippen LogP contribution in [0.4, 0.5) is 0 Å². The van der Waals surface area contributed by atoms with Gasteiger partial charge in [-0.15, -0.1) is 12.4 Å². The highest BCUT2D eigenvalue weighted by Gasteiger charge is 2.29. The summed E-state index contributed by atoms with van der Waals surface area (Å²) in [6.07, 6.45) is 5.86. The van der Waals surface area contributed by atoms with Gasteiger partial charge >= 0.3 is 0 Å². The minimum absolute atomic E-state index is 0. The molecule has 2 heterocycles. The Morgan fingerprint density at radius 1 is 1.31 bits per heavy atom. The first kappa shape index (κ1) is 13.8. The second-order valence-corrected chi connectivity index (χ2v) is 4.83. The Kier molecular flexibility index (Phi) is 5.56. The fraction of sp³-hybridized carbons (Fsp3) is 0.917. The molecule has 0 radical (unpaired) electrons. The summed E-state index contributed by atoms with van der Waals surface area (Å²) in [5.41, 5.74) is 0. The lowest BCUT2D eigenvalue weighted by atomic mass is 9.94. The van der Waals surface area contributed by atoms with E-state index in [4.69, 9.17) is 0 Å². The molecule has 1 N–H and O–H groups in total. The summed E-state index contributed by atoms with van der Waals surface area (Å²) >= 11 is 0. The zero-order chi connectivity index (χ0) is 10.7. The summed E-state index contributed by atoms with van der Waals surface area (Å²) in [6.45, 7) is 5.23. The lowest BCUT2D eigenvalue weighted by molar-refractivity contribution is -0.134. The van der Waals surface area contributed by atoms with Crippen LogP contribution in [-0.2, 0) is 4.79 Å². The minimum Gasteiger partial charge on any atom is -0.341 e. The van der Waals surface area contributed by atoms with E-state index < -0.39 is 0 Å². The van der Waals surface area contributed by atoms with Crippen molar-refractivity contribution in [1.29, 1.82) is 0 Å². The van der Waals surface area contributed by atoms with Crippen molar-refractivity contribution in [3.8, 4) is 0 Å². The molecule has 0 aromatic heterocycles. The number of nitrogens with one attached hydrogen (secondary N) is 1. The highest BCUT2D eigenvalue weighted by Crippen LogP contribution is 2.21. The molecule has 0 bridgehead atoms. The molecule has 0 aromatic rings. The van der Waals surface area contributed by atoms with E-state index >= 15 is 0 Å². The van der Waals surface area contributed by atoms with E-state index in [1.807, 2.05) is 0 Å². The number of halogens is 1. The fourth-order valence-electron chi connectivity index (χ4n) is 2.68. The van der Waals surface area contributed by atoms with Crippen LogP contribution >= 0.6 is 12.4 Å². The number of carbonyl (C=O) groups excluding carboxylic acids is 1. The average molecular weight is 247 g/mol. The van der Waals surface area contributed by atoms with Gasteiger partial charge in [0.1, 0.15) is 0 Å². The van der Waals surface area contributed by atoms with Gasteiger partial charge in [-0.05, 0) is 38.1 Å². The van der Waals surface area contributed by atoms with E-state index in [9.17, 15) is 4.79 Å². The Morgan fingerprint density at radius 3 is 2.50 bits per heavy atom. The predicted molar refractivity (Wildman–Crippen MR) is 67.9 cm³/mol. The molecule has 2 aliphatic rings. The third kappa shape index (κ3) is 3.11. The molecule has 94 valence electrons. The molecule has 3 nitrogen and oxygen atoms in total. The highest BCUT2D eigenvalue weighted by molar-refractivity contribution is 5.85. The van der Waals surface area contributed by atoms with Crippen molar-refractivity contribution in [2.45, 2.75) is 45.1 Å². The molecule has 16 heavy (non-hydrogen) atoms. The molecule has 2 saturated heterocycles. The van der Waals surface area contributed by atoms with Gasteiger partial charge in [-0.3, -0.25) is 4.79 Å². The lowest BCUT2D eigenvalue weighted by Gasteiger charge is -2.33. The van der Waals surface area contributed by atoms with E-state index in [0.717, 1.165) is 38.4 Å². The molecule has 1 atom stereocenters. The minimum atomic E-state index is 0. The molecule has 1 amide bonds. The number of likely N-dealkylation sites (tertiary alicyclic amines) is 1. The maximum absolute atomic E-state index is 12.1. The molecule has 0 spiro atoms. The Balaban J connectivity index is 0.00000128. The second kappa shape index (κ2) is 6.45. The van der Waals surface area contributed by atoms with Gasteiger partial charge in [-0.25, -0.2) is 0 Å². The molecule has 2 aliphatic heterocycles. The number of amides is 1.